The highest BCUT2D eigenvalue weighted by Crippen LogP contribution is 2.34. The molecule has 2 aromatic heterocycles. The molecule has 0 radical (unpaired) electrons. The zero-order valence-electron chi connectivity index (χ0n) is 15.4. The van der Waals surface area contributed by atoms with Crippen LogP contribution >= 0.6 is 11.6 Å². The van der Waals surface area contributed by atoms with Crippen molar-refractivity contribution in [2.24, 2.45) is 0 Å². The van der Waals surface area contributed by atoms with Crippen molar-refractivity contribution in [3.8, 4) is 5.69 Å². The van der Waals surface area contributed by atoms with Gasteiger partial charge in [-0.15, -0.1) is 0 Å². The molecule has 2 heterocycles. The van der Waals surface area contributed by atoms with Gasteiger partial charge in [0, 0.05) is 11.8 Å². The molecule has 0 unspecified atom stereocenters. The Labute approximate surface area is 173 Å². The second-order valence-corrected chi connectivity index (χ2v) is 6.34. The zero-order chi connectivity index (χ0) is 21.9. The third-order valence-electron chi connectivity index (χ3n) is 3.88. The van der Waals surface area contributed by atoms with Crippen molar-refractivity contribution in [2.75, 3.05) is 11.9 Å². The van der Waals surface area contributed by atoms with Gasteiger partial charge in [-0.3, -0.25) is 4.79 Å². The number of hydrogen-bond donors (Lipinski definition) is 1. The van der Waals surface area contributed by atoms with E-state index in [0.717, 1.165) is 6.20 Å². The van der Waals surface area contributed by atoms with E-state index in [-0.39, 0.29) is 23.7 Å². The molecule has 0 fully saturated rings. The fourth-order valence-electron chi connectivity index (χ4n) is 2.57. The number of esters is 1. The van der Waals surface area contributed by atoms with Crippen molar-refractivity contribution >= 4 is 29.3 Å². The van der Waals surface area contributed by atoms with Gasteiger partial charge in [-0.1, -0.05) is 11.6 Å². The topological polar surface area (TPSA) is 86.1 Å². The molecule has 0 aliphatic carbocycles. The normalized spacial score (nSPS) is 11.2. The number of carbonyl (C=O) groups is 2. The Morgan fingerprint density at radius 2 is 1.83 bits per heavy atom. The number of amides is 1. The van der Waals surface area contributed by atoms with E-state index < -0.39 is 29.3 Å². The van der Waals surface area contributed by atoms with Crippen LogP contribution in [0.3, 0.4) is 0 Å². The van der Waals surface area contributed by atoms with Gasteiger partial charge in [0.25, 0.3) is 5.91 Å². The first-order valence-corrected chi connectivity index (χ1v) is 8.94. The van der Waals surface area contributed by atoms with Crippen LogP contribution in [0.4, 0.5) is 19.0 Å². The quantitative estimate of drug-likeness (QED) is 0.598. The van der Waals surface area contributed by atoms with Crippen molar-refractivity contribution < 1.29 is 27.5 Å². The largest absolute Gasteiger partial charge is 0.462 e. The van der Waals surface area contributed by atoms with Gasteiger partial charge in [0.2, 0.25) is 0 Å². The first-order chi connectivity index (χ1) is 14.2. The molecule has 0 aliphatic heterocycles. The number of alkyl halides is 3. The molecule has 0 atom stereocenters. The molecular formula is C19H14ClF3N4O3. The number of nitrogens with one attached hydrogen (secondary N) is 1. The Morgan fingerprint density at radius 1 is 1.13 bits per heavy atom. The minimum Gasteiger partial charge on any atom is -0.462 e. The number of nitrogens with zero attached hydrogens (tertiary/aromatic N) is 3. The van der Waals surface area contributed by atoms with E-state index in [1.807, 2.05) is 0 Å². The fraction of sp³-hybridized carbons (Fsp3) is 0.158. The first-order valence-electron chi connectivity index (χ1n) is 8.56. The molecule has 0 bridgehead atoms. The van der Waals surface area contributed by atoms with E-state index in [9.17, 15) is 22.8 Å². The van der Waals surface area contributed by atoms with E-state index in [4.69, 9.17) is 11.6 Å². The minimum atomic E-state index is -4.85. The SMILES string of the molecule is CCOC(=O)c1cnn(-c2ccc(C(=O)Nc3ccc(Cl)cn3)cc2)c1C(F)(F)F. The predicted molar refractivity (Wildman–Crippen MR) is 102 cm³/mol. The summed E-state index contributed by atoms with van der Waals surface area (Å²) in [5.74, 6) is -1.37. The van der Waals surface area contributed by atoms with Gasteiger partial charge in [0.15, 0.2) is 5.69 Å². The number of aromatic nitrogens is 3. The molecule has 0 aliphatic rings. The number of anilines is 1. The maximum absolute atomic E-state index is 13.6. The third kappa shape index (κ3) is 4.60. The lowest BCUT2D eigenvalue weighted by Gasteiger charge is -2.13. The van der Waals surface area contributed by atoms with Crippen molar-refractivity contribution in [3.05, 3.63) is 70.6 Å². The average molecular weight is 439 g/mol. The summed E-state index contributed by atoms with van der Waals surface area (Å²) in [6, 6.07) is 8.26. The summed E-state index contributed by atoms with van der Waals surface area (Å²) in [7, 11) is 0. The summed E-state index contributed by atoms with van der Waals surface area (Å²) in [6.07, 6.45) is -2.69. The van der Waals surface area contributed by atoms with E-state index in [1.54, 1.807) is 6.07 Å². The lowest BCUT2D eigenvalue weighted by atomic mass is 10.2. The molecular weight excluding hydrogens is 425 g/mol. The fourth-order valence-corrected chi connectivity index (χ4v) is 2.68. The summed E-state index contributed by atoms with van der Waals surface area (Å²) >= 11 is 5.73. The van der Waals surface area contributed by atoms with Gasteiger partial charge in [-0.2, -0.15) is 18.3 Å². The second-order valence-electron chi connectivity index (χ2n) is 5.90. The van der Waals surface area contributed by atoms with Crippen molar-refractivity contribution in [1.82, 2.24) is 14.8 Å². The average Bonchev–Trinajstić information content (AvgIpc) is 3.16. The summed E-state index contributed by atoms with van der Waals surface area (Å²) in [4.78, 5) is 28.1. The van der Waals surface area contributed by atoms with Crippen LogP contribution in [0.5, 0.6) is 0 Å². The number of benzene rings is 1. The monoisotopic (exact) mass is 438 g/mol. The first kappa shape index (κ1) is 21.3. The van der Waals surface area contributed by atoms with E-state index in [2.05, 4.69) is 20.1 Å². The molecule has 1 aromatic carbocycles. The molecule has 3 rings (SSSR count). The third-order valence-corrected chi connectivity index (χ3v) is 4.10. The summed E-state index contributed by atoms with van der Waals surface area (Å²) in [6.45, 7) is 1.41. The molecule has 0 spiro atoms. The van der Waals surface area contributed by atoms with Gasteiger partial charge in [-0.05, 0) is 43.3 Å². The van der Waals surface area contributed by atoms with Crippen LogP contribution < -0.4 is 5.32 Å². The molecule has 11 heteroatoms. The minimum absolute atomic E-state index is 0.0130. The molecule has 156 valence electrons. The van der Waals surface area contributed by atoms with Crippen LogP contribution in [0.25, 0.3) is 5.69 Å². The van der Waals surface area contributed by atoms with Crippen LogP contribution in [0.1, 0.15) is 33.3 Å². The number of ether oxygens (including phenoxy) is 1. The van der Waals surface area contributed by atoms with Crippen molar-refractivity contribution in [1.29, 1.82) is 0 Å². The smallest absolute Gasteiger partial charge is 0.434 e. The highest BCUT2D eigenvalue weighted by molar-refractivity contribution is 6.30. The highest BCUT2D eigenvalue weighted by Gasteiger charge is 2.41. The number of halogens is 4. The van der Waals surface area contributed by atoms with Crippen LogP contribution in [-0.4, -0.2) is 33.2 Å². The number of rotatable bonds is 5. The summed E-state index contributed by atoms with van der Waals surface area (Å²) < 4.78 is 45.9. The number of hydrogen-bond acceptors (Lipinski definition) is 5. The van der Waals surface area contributed by atoms with Gasteiger partial charge < -0.3 is 10.1 Å². The van der Waals surface area contributed by atoms with E-state index in [1.165, 1.54) is 43.5 Å². The Kier molecular flexibility index (Phi) is 6.06. The Morgan fingerprint density at radius 3 is 2.40 bits per heavy atom. The molecule has 7 nitrogen and oxygen atoms in total. The van der Waals surface area contributed by atoms with Crippen LogP contribution in [0.2, 0.25) is 5.02 Å². The molecule has 1 N–H and O–H groups in total. The highest BCUT2D eigenvalue weighted by atomic mass is 35.5. The summed E-state index contributed by atoms with van der Waals surface area (Å²) in [5, 5.41) is 6.62. The molecule has 30 heavy (non-hydrogen) atoms. The number of carbonyl (C=O) groups excluding carboxylic acids is 2. The van der Waals surface area contributed by atoms with Gasteiger partial charge in [-0.25, -0.2) is 14.5 Å². The number of pyridine rings is 1. The lowest BCUT2D eigenvalue weighted by Crippen LogP contribution is -2.18. The second kappa shape index (κ2) is 8.54. The van der Waals surface area contributed by atoms with Crippen LogP contribution in [-0.2, 0) is 10.9 Å². The maximum Gasteiger partial charge on any atom is 0.434 e. The zero-order valence-corrected chi connectivity index (χ0v) is 16.2. The van der Waals surface area contributed by atoms with Crippen molar-refractivity contribution in [3.63, 3.8) is 0 Å². The van der Waals surface area contributed by atoms with Gasteiger partial charge >= 0.3 is 12.1 Å². The van der Waals surface area contributed by atoms with Gasteiger partial charge in [0.05, 0.1) is 23.5 Å². The lowest BCUT2D eigenvalue weighted by molar-refractivity contribution is -0.143. The Bertz CT molecular complexity index is 1060. The van der Waals surface area contributed by atoms with E-state index in [0.29, 0.717) is 9.70 Å². The Balaban J connectivity index is 1.88. The van der Waals surface area contributed by atoms with Crippen molar-refractivity contribution in [2.45, 2.75) is 13.1 Å². The molecule has 0 saturated heterocycles. The molecule has 1 amide bonds. The molecule has 0 saturated carbocycles. The summed E-state index contributed by atoms with van der Waals surface area (Å²) in [5.41, 5.74) is -1.76. The standard InChI is InChI=1S/C19H14ClF3N4O3/c1-2-30-18(29)14-10-25-27(16(14)19(21,22)23)13-6-3-11(4-7-13)17(28)26-15-8-5-12(20)9-24-15/h3-10H,2H2,1H3,(H,24,26,28). The van der Waals surface area contributed by atoms with Crippen LogP contribution in [0.15, 0.2) is 48.8 Å². The maximum atomic E-state index is 13.6. The van der Waals surface area contributed by atoms with Gasteiger partial charge in [0.1, 0.15) is 11.4 Å². The molecule has 3 aromatic rings. The van der Waals surface area contributed by atoms with E-state index >= 15 is 0 Å². The Hall–Kier alpha value is -3.40. The van der Waals surface area contributed by atoms with Crippen LogP contribution in [0, 0.1) is 0 Å². The predicted octanol–water partition coefficient (Wildman–Crippen LogP) is 4.37.